The summed E-state index contributed by atoms with van der Waals surface area (Å²) < 4.78 is 12.6. The van der Waals surface area contributed by atoms with Gasteiger partial charge in [0.25, 0.3) is 0 Å². The van der Waals surface area contributed by atoms with Gasteiger partial charge < -0.3 is 8.98 Å². The number of nitrogens with zero attached hydrogens (tertiary/aromatic N) is 3. The first kappa shape index (κ1) is 35.4. The van der Waals surface area contributed by atoms with Crippen LogP contribution in [0.2, 0.25) is 0 Å². The van der Waals surface area contributed by atoms with Crippen LogP contribution < -0.4 is 0 Å². The molecular weight excluding hydrogens is 799 g/mol. The zero-order chi connectivity index (χ0) is 41.9. The molecule has 4 nitrogen and oxygen atoms in total. The van der Waals surface area contributed by atoms with Crippen molar-refractivity contribution in [1.82, 2.24) is 14.1 Å². The van der Waals surface area contributed by atoms with E-state index < -0.39 is 0 Å². The zero-order valence-corrected chi connectivity index (χ0v) is 35.2. The molecule has 0 unspecified atom stereocenters. The van der Waals surface area contributed by atoms with E-state index in [1.807, 2.05) is 0 Å². The van der Waals surface area contributed by atoms with E-state index >= 15 is 0 Å². The molecule has 0 fully saturated rings. The van der Waals surface area contributed by atoms with Gasteiger partial charge in [-0.1, -0.05) is 163 Å². The molecule has 298 valence electrons. The van der Waals surface area contributed by atoms with E-state index in [9.17, 15) is 0 Å². The van der Waals surface area contributed by atoms with Crippen LogP contribution in [0.25, 0.3) is 131 Å². The van der Waals surface area contributed by atoms with E-state index in [0.29, 0.717) is 0 Å². The van der Waals surface area contributed by atoms with Gasteiger partial charge in [0.2, 0.25) is 0 Å². The maximum Gasteiger partial charge on any atom is 0.195 e. The highest BCUT2D eigenvalue weighted by Gasteiger charge is 2.21. The van der Waals surface area contributed by atoms with Crippen molar-refractivity contribution >= 4 is 97.9 Å². The van der Waals surface area contributed by atoms with Gasteiger partial charge in [-0.15, -0.1) is 0 Å². The van der Waals surface area contributed by atoms with Gasteiger partial charge in [-0.25, -0.2) is 4.98 Å². The topological polar surface area (TPSA) is 35.9 Å². The number of para-hydroxylation sites is 4. The van der Waals surface area contributed by atoms with Gasteiger partial charge in [-0.3, -0.25) is 4.57 Å². The van der Waals surface area contributed by atoms with Crippen molar-refractivity contribution in [3.05, 3.63) is 212 Å². The van der Waals surface area contributed by atoms with Crippen molar-refractivity contribution in [2.75, 3.05) is 0 Å². The Kier molecular flexibility index (Phi) is 7.53. The minimum absolute atomic E-state index is 0.869. The molecule has 0 radical (unpaired) electrons. The Morgan fingerprint density at radius 3 is 1.69 bits per heavy atom. The van der Waals surface area contributed by atoms with Crippen molar-refractivity contribution < 1.29 is 4.42 Å². The highest BCUT2D eigenvalue weighted by Crippen LogP contribution is 2.44. The number of fused-ring (bicyclic) bond motifs is 12. The number of furan rings is 1. The van der Waals surface area contributed by atoms with Gasteiger partial charge in [-0.2, -0.15) is 0 Å². The SMILES string of the molecule is c1ccc(-n2c3ccccc3c3cc(-c4ccc5c(c4)c4ccccc4n5-c4nc5ccc6oc7c(-c8ccc(-c9cccc%10ccccc9%10)cc8)cccc7c6c5s4)ccc32)cc1. The molecule has 4 aromatic heterocycles. The van der Waals surface area contributed by atoms with Crippen LogP contribution in [0.4, 0.5) is 0 Å². The van der Waals surface area contributed by atoms with E-state index in [1.165, 1.54) is 65.6 Å². The minimum Gasteiger partial charge on any atom is -0.455 e. The summed E-state index contributed by atoms with van der Waals surface area (Å²) in [5.41, 5.74) is 15.6. The summed E-state index contributed by atoms with van der Waals surface area (Å²) in [6.45, 7) is 0. The summed E-state index contributed by atoms with van der Waals surface area (Å²) >= 11 is 1.73. The van der Waals surface area contributed by atoms with Gasteiger partial charge in [0.05, 0.1) is 32.3 Å². The summed E-state index contributed by atoms with van der Waals surface area (Å²) in [6.07, 6.45) is 0. The van der Waals surface area contributed by atoms with Crippen LogP contribution in [-0.4, -0.2) is 14.1 Å². The zero-order valence-electron chi connectivity index (χ0n) is 34.4. The molecule has 10 aromatic carbocycles. The molecule has 64 heavy (non-hydrogen) atoms. The lowest BCUT2D eigenvalue weighted by molar-refractivity contribution is 0.670. The normalized spacial score (nSPS) is 12.1. The maximum atomic E-state index is 6.76. The van der Waals surface area contributed by atoms with E-state index in [2.05, 4.69) is 221 Å². The third-order valence-electron chi connectivity index (χ3n) is 13.2. The Labute approximate surface area is 371 Å². The Morgan fingerprint density at radius 2 is 0.938 bits per heavy atom. The fourth-order valence-electron chi connectivity index (χ4n) is 10.3. The molecule has 5 heteroatoms. The van der Waals surface area contributed by atoms with Crippen LogP contribution in [0.5, 0.6) is 0 Å². The Bertz CT molecular complexity index is 4180. The number of thiazole rings is 1. The predicted octanol–water partition coefficient (Wildman–Crippen LogP) is 16.5. The van der Waals surface area contributed by atoms with Crippen molar-refractivity contribution in [2.24, 2.45) is 0 Å². The summed E-state index contributed by atoms with van der Waals surface area (Å²) in [7, 11) is 0. The van der Waals surface area contributed by atoms with Gasteiger partial charge in [-0.05, 0) is 99.3 Å². The monoisotopic (exact) mass is 833 g/mol. The van der Waals surface area contributed by atoms with Gasteiger partial charge in [0.15, 0.2) is 5.13 Å². The van der Waals surface area contributed by atoms with Gasteiger partial charge in [0, 0.05) is 43.6 Å². The Balaban J connectivity index is 0.880. The quantitative estimate of drug-likeness (QED) is 0.173. The molecule has 14 rings (SSSR count). The lowest BCUT2D eigenvalue weighted by Crippen LogP contribution is -1.93. The molecule has 0 bridgehead atoms. The molecule has 0 aliphatic heterocycles. The van der Waals surface area contributed by atoms with Crippen molar-refractivity contribution in [2.45, 2.75) is 0 Å². The number of hydrogen-bond donors (Lipinski definition) is 0. The fraction of sp³-hybridized carbons (Fsp3) is 0. The first-order valence-electron chi connectivity index (χ1n) is 21.7. The first-order valence-corrected chi connectivity index (χ1v) is 22.5. The molecule has 0 atom stereocenters. The minimum atomic E-state index is 0.869. The average molecular weight is 834 g/mol. The lowest BCUT2D eigenvalue weighted by atomic mass is 9.96. The smallest absolute Gasteiger partial charge is 0.195 e. The van der Waals surface area contributed by atoms with E-state index in [1.54, 1.807) is 11.3 Å². The van der Waals surface area contributed by atoms with Crippen LogP contribution >= 0.6 is 11.3 Å². The molecule has 0 aliphatic carbocycles. The molecule has 0 N–H and O–H groups in total. The van der Waals surface area contributed by atoms with Crippen LogP contribution in [0, 0.1) is 0 Å². The van der Waals surface area contributed by atoms with Crippen LogP contribution in [0.15, 0.2) is 217 Å². The van der Waals surface area contributed by atoms with E-state index in [0.717, 1.165) is 65.1 Å². The number of benzene rings is 10. The Hall–Kier alpha value is -8.25. The standard InChI is InChI=1S/C59H35N3OS/c1-2-14-41(15-3-1)61-51-22-8-6-17-45(51)48-34-39(28-31-53(48)61)40-29-32-54-49(35-40)46-18-7-9-23-52(46)62(54)59-60-50-30-33-55-56(58(50)64-59)47-21-11-20-44(57(47)63-55)38-26-24-37(25-27-38)43-19-10-13-36-12-4-5-16-42(36)43/h1-35H. The number of aromatic nitrogens is 3. The summed E-state index contributed by atoms with van der Waals surface area (Å²) in [5.74, 6) is 0. The summed E-state index contributed by atoms with van der Waals surface area (Å²) in [4.78, 5) is 5.34. The largest absolute Gasteiger partial charge is 0.455 e. The highest BCUT2D eigenvalue weighted by atomic mass is 32.1. The second kappa shape index (κ2) is 13.6. The third-order valence-corrected chi connectivity index (χ3v) is 14.3. The second-order valence-corrected chi connectivity index (χ2v) is 17.7. The van der Waals surface area contributed by atoms with Crippen molar-refractivity contribution in [3.8, 4) is 44.2 Å². The third kappa shape index (κ3) is 5.19. The molecule has 14 aromatic rings. The van der Waals surface area contributed by atoms with Crippen LogP contribution in [-0.2, 0) is 0 Å². The highest BCUT2D eigenvalue weighted by molar-refractivity contribution is 7.22. The average Bonchev–Trinajstić information content (AvgIpc) is 4.13. The Morgan fingerprint density at radius 1 is 0.391 bits per heavy atom. The van der Waals surface area contributed by atoms with Crippen LogP contribution in [0.1, 0.15) is 0 Å². The summed E-state index contributed by atoms with van der Waals surface area (Å²) in [5, 5.41) is 10.5. The van der Waals surface area contributed by atoms with Gasteiger partial charge >= 0.3 is 0 Å². The number of hydrogen-bond acceptors (Lipinski definition) is 3. The second-order valence-electron chi connectivity index (χ2n) is 16.7. The lowest BCUT2D eigenvalue weighted by Gasteiger charge is -2.08. The molecule has 4 heterocycles. The molecule has 0 saturated carbocycles. The molecule has 0 amide bonds. The fourth-order valence-corrected chi connectivity index (χ4v) is 11.4. The number of rotatable bonds is 5. The molecule has 0 saturated heterocycles. The first-order chi connectivity index (χ1) is 31.7. The predicted molar refractivity (Wildman–Crippen MR) is 269 cm³/mol. The van der Waals surface area contributed by atoms with Crippen molar-refractivity contribution in [1.29, 1.82) is 0 Å². The maximum absolute atomic E-state index is 6.76. The van der Waals surface area contributed by atoms with E-state index in [4.69, 9.17) is 9.40 Å². The van der Waals surface area contributed by atoms with E-state index in [-0.39, 0.29) is 0 Å². The molecule has 0 aliphatic rings. The van der Waals surface area contributed by atoms with Crippen molar-refractivity contribution in [3.63, 3.8) is 0 Å². The molecule has 0 spiro atoms. The molecular formula is C59H35N3OS. The van der Waals surface area contributed by atoms with Crippen LogP contribution in [0.3, 0.4) is 0 Å². The van der Waals surface area contributed by atoms with Gasteiger partial charge in [0.1, 0.15) is 11.2 Å². The summed E-state index contributed by atoms with van der Waals surface area (Å²) in [6, 6.07) is 76.5.